The van der Waals surface area contributed by atoms with Gasteiger partial charge in [-0.1, -0.05) is 26.2 Å². The quantitative estimate of drug-likeness (QED) is 0.638. The van der Waals surface area contributed by atoms with E-state index in [0.717, 1.165) is 25.7 Å². The molecule has 7 heteroatoms. The van der Waals surface area contributed by atoms with Crippen LogP contribution in [0.3, 0.4) is 0 Å². The molecule has 6 nitrogen and oxygen atoms in total. The van der Waals surface area contributed by atoms with E-state index in [1.807, 2.05) is 6.92 Å². The normalized spacial score (nSPS) is 17.4. The Morgan fingerprint density at radius 1 is 1.40 bits per heavy atom. The highest BCUT2D eigenvalue weighted by Gasteiger charge is 2.32. The summed E-state index contributed by atoms with van der Waals surface area (Å²) in [6.07, 6.45) is 8.10. The largest absolute Gasteiger partial charge is 0.323 e. The Hall–Kier alpha value is -1.18. The second kappa shape index (κ2) is 6.51. The van der Waals surface area contributed by atoms with E-state index >= 15 is 0 Å². The van der Waals surface area contributed by atoms with Gasteiger partial charge in [-0.15, -0.1) is 0 Å². The highest BCUT2D eigenvalue weighted by Crippen LogP contribution is 2.29. The zero-order valence-electron chi connectivity index (χ0n) is 11.7. The molecular formula is C13H22N4O2S. The van der Waals surface area contributed by atoms with Crippen molar-refractivity contribution in [2.45, 2.75) is 50.0 Å². The van der Waals surface area contributed by atoms with Crippen molar-refractivity contribution in [3.8, 4) is 0 Å². The third-order valence-corrected chi connectivity index (χ3v) is 5.88. The van der Waals surface area contributed by atoms with E-state index in [2.05, 4.69) is 10.4 Å². The molecule has 112 valence electrons. The summed E-state index contributed by atoms with van der Waals surface area (Å²) in [7, 11) is -3.57. The van der Waals surface area contributed by atoms with Crippen LogP contribution < -0.4 is 11.3 Å². The van der Waals surface area contributed by atoms with Crippen LogP contribution in [0.5, 0.6) is 0 Å². The van der Waals surface area contributed by atoms with Gasteiger partial charge in [-0.2, -0.15) is 4.31 Å². The van der Waals surface area contributed by atoms with Crippen molar-refractivity contribution in [3.63, 3.8) is 0 Å². The molecule has 0 unspecified atom stereocenters. The number of nitrogens with two attached hydrogens (primary N) is 1. The minimum absolute atomic E-state index is 0.0876. The van der Waals surface area contributed by atoms with Gasteiger partial charge in [0.2, 0.25) is 10.0 Å². The Kier molecular flexibility index (Phi) is 4.95. The number of nitrogens with one attached hydrogen (secondary N) is 1. The molecule has 1 aliphatic carbocycles. The first-order chi connectivity index (χ1) is 9.61. The zero-order valence-corrected chi connectivity index (χ0v) is 12.6. The van der Waals surface area contributed by atoms with Gasteiger partial charge in [0.15, 0.2) is 0 Å². The number of anilines is 1. The van der Waals surface area contributed by atoms with Crippen LogP contribution >= 0.6 is 0 Å². The van der Waals surface area contributed by atoms with E-state index in [1.165, 1.54) is 18.8 Å². The summed E-state index contributed by atoms with van der Waals surface area (Å²) in [5, 5.41) is 0. The second-order valence-electron chi connectivity index (χ2n) is 5.02. The lowest BCUT2D eigenvalue weighted by Gasteiger charge is -2.32. The van der Waals surface area contributed by atoms with Crippen molar-refractivity contribution in [2.24, 2.45) is 5.84 Å². The highest BCUT2D eigenvalue weighted by atomic mass is 32.2. The average Bonchev–Trinajstić information content (AvgIpc) is 2.48. The fraction of sp³-hybridized carbons (Fsp3) is 0.615. The third-order valence-electron chi connectivity index (χ3n) is 3.82. The van der Waals surface area contributed by atoms with E-state index in [9.17, 15) is 8.42 Å². The minimum Gasteiger partial charge on any atom is -0.323 e. The summed E-state index contributed by atoms with van der Waals surface area (Å²) in [6, 6.07) is 1.66. The lowest BCUT2D eigenvalue weighted by Crippen LogP contribution is -2.41. The highest BCUT2D eigenvalue weighted by molar-refractivity contribution is 7.89. The number of nitrogens with zero attached hydrogens (tertiary/aromatic N) is 2. The van der Waals surface area contributed by atoms with E-state index in [4.69, 9.17) is 5.84 Å². The van der Waals surface area contributed by atoms with Crippen LogP contribution in [0, 0.1) is 0 Å². The first-order valence-electron chi connectivity index (χ1n) is 7.03. The van der Waals surface area contributed by atoms with Crippen molar-refractivity contribution in [1.29, 1.82) is 0 Å². The molecule has 1 heterocycles. The van der Waals surface area contributed by atoms with E-state index in [1.54, 1.807) is 10.4 Å². The summed E-state index contributed by atoms with van der Waals surface area (Å²) >= 11 is 0. The maximum Gasteiger partial charge on any atom is 0.246 e. The molecule has 0 bridgehead atoms. The van der Waals surface area contributed by atoms with Crippen LogP contribution in [-0.2, 0) is 10.0 Å². The molecule has 0 spiro atoms. The molecule has 3 N–H and O–H groups in total. The first-order valence-corrected chi connectivity index (χ1v) is 8.47. The van der Waals surface area contributed by atoms with Crippen molar-refractivity contribution in [2.75, 3.05) is 12.0 Å². The van der Waals surface area contributed by atoms with Gasteiger partial charge < -0.3 is 5.43 Å². The molecule has 1 aromatic rings. The van der Waals surface area contributed by atoms with Crippen LogP contribution in [-0.4, -0.2) is 30.3 Å². The number of hydrogen-bond acceptors (Lipinski definition) is 5. The number of rotatable bonds is 5. The van der Waals surface area contributed by atoms with Crippen molar-refractivity contribution in [1.82, 2.24) is 9.29 Å². The minimum atomic E-state index is -3.57. The Balaban J connectivity index is 2.35. The molecule has 1 aliphatic rings. The zero-order chi connectivity index (χ0) is 14.6. The fourth-order valence-electron chi connectivity index (χ4n) is 2.82. The number of nitrogen functional groups attached to an aromatic ring is 1. The number of sulfonamides is 1. The molecule has 0 atom stereocenters. The van der Waals surface area contributed by atoms with Gasteiger partial charge in [0.25, 0.3) is 0 Å². The molecule has 20 heavy (non-hydrogen) atoms. The lowest BCUT2D eigenvalue weighted by molar-refractivity contribution is 0.261. The Labute approximate surface area is 120 Å². The van der Waals surface area contributed by atoms with E-state index in [-0.39, 0.29) is 10.9 Å². The smallest absolute Gasteiger partial charge is 0.246 e. The summed E-state index contributed by atoms with van der Waals surface area (Å²) in [4.78, 5) is 4.07. The van der Waals surface area contributed by atoms with Gasteiger partial charge in [0, 0.05) is 25.0 Å². The monoisotopic (exact) mass is 298 g/mol. The predicted octanol–water partition coefficient (Wildman–Crippen LogP) is 1.71. The molecule has 2 rings (SSSR count). The fourth-order valence-corrected chi connectivity index (χ4v) is 4.62. The van der Waals surface area contributed by atoms with Crippen molar-refractivity contribution < 1.29 is 8.42 Å². The number of aromatic nitrogens is 1. The molecule has 1 saturated carbocycles. The van der Waals surface area contributed by atoms with Gasteiger partial charge >= 0.3 is 0 Å². The SMILES string of the molecule is CCN(C1CCCCC1)S(=O)(=O)c1cnccc1NN. The second-order valence-corrected chi connectivity index (χ2v) is 6.88. The average molecular weight is 298 g/mol. The topological polar surface area (TPSA) is 88.3 Å². The van der Waals surface area contributed by atoms with Gasteiger partial charge in [-0.3, -0.25) is 10.8 Å². The summed E-state index contributed by atoms with van der Waals surface area (Å²) < 4.78 is 27.3. The van der Waals surface area contributed by atoms with Gasteiger partial charge in [0.05, 0.1) is 5.69 Å². The Morgan fingerprint density at radius 2 is 2.10 bits per heavy atom. The molecule has 0 amide bonds. The molecule has 0 saturated heterocycles. The first kappa shape index (κ1) is 15.2. The maximum atomic E-state index is 12.8. The van der Waals surface area contributed by atoms with Crippen LogP contribution in [0.25, 0.3) is 0 Å². The molecular weight excluding hydrogens is 276 g/mol. The van der Waals surface area contributed by atoms with Crippen LogP contribution in [0.2, 0.25) is 0 Å². The van der Waals surface area contributed by atoms with Crippen molar-refractivity contribution >= 4 is 15.7 Å². The number of pyridine rings is 1. The number of hydrazine groups is 1. The van der Waals surface area contributed by atoms with Gasteiger partial charge in [0.1, 0.15) is 4.90 Å². The third kappa shape index (κ3) is 2.94. The van der Waals surface area contributed by atoms with Crippen LogP contribution in [0.1, 0.15) is 39.0 Å². The summed E-state index contributed by atoms with van der Waals surface area (Å²) in [5.41, 5.74) is 2.82. The van der Waals surface area contributed by atoms with Crippen LogP contribution in [0.4, 0.5) is 5.69 Å². The van der Waals surface area contributed by atoms with Crippen molar-refractivity contribution in [3.05, 3.63) is 18.5 Å². The Morgan fingerprint density at radius 3 is 2.70 bits per heavy atom. The lowest BCUT2D eigenvalue weighted by atomic mass is 9.95. The Bertz CT molecular complexity index is 541. The van der Waals surface area contributed by atoms with E-state index in [0.29, 0.717) is 12.2 Å². The number of hydrogen-bond donors (Lipinski definition) is 2. The summed E-state index contributed by atoms with van der Waals surface area (Å²) in [5.74, 6) is 5.41. The molecule has 0 aliphatic heterocycles. The molecule has 1 fully saturated rings. The maximum absolute atomic E-state index is 12.8. The van der Waals surface area contributed by atoms with Crippen LogP contribution in [0.15, 0.2) is 23.4 Å². The predicted molar refractivity (Wildman–Crippen MR) is 78.5 cm³/mol. The molecule has 0 aromatic carbocycles. The van der Waals surface area contributed by atoms with Gasteiger partial charge in [-0.05, 0) is 18.9 Å². The van der Waals surface area contributed by atoms with Gasteiger partial charge in [-0.25, -0.2) is 8.42 Å². The molecule has 0 radical (unpaired) electrons. The van der Waals surface area contributed by atoms with E-state index < -0.39 is 10.0 Å². The molecule has 1 aromatic heterocycles. The standard InChI is InChI=1S/C13H22N4O2S/c1-2-17(11-6-4-3-5-7-11)20(18,19)13-10-15-9-8-12(13)16-14/h8-11H,2-7,14H2,1H3,(H,15,16). The summed E-state index contributed by atoms with van der Waals surface area (Å²) in [6.45, 7) is 2.34.